The highest BCUT2D eigenvalue weighted by molar-refractivity contribution is 5.79. The van der Waals surface area contributed by atoms with E-state index in [4.69, 9.17) is 4.52 Å². The molecule has 3 rings (SSSR count). The first-order chi connectivity index (χ1) is 12.0. The summed E-state index contributed by atoms with van der Waals surface area (Å²) < 4.78 is 5.50. The van der Waals surface area contributed by atoms with Crippen LogP contribution in [0.5, 0.6) is 0 Å². The molecule has 1 saturated carbocycles. The van der Waals surface area contributed by atoms with Gasteiger partial charge in [0, 0.05) is 32.1 Å². The van der Waals surface area contributed by atoms with E-state index in [1.54, 1.807) is 0 Å². The standard InChI is InChI=1S/C19H32N4O2/c1-14(2)12-22-10-7-11-23(19(24)16-8-5-4-6-9-16)13-17(22)18-20-15(3)21-25-18/h14,16-17H,4-13H2,1-3H3. The van der Waals surface area contributed by atoms with Crippen molar-refractivity contribution in [1.82, 2.24) is 19.9 Å². The van der Waals surface area contributed by atoms with Gasteiger partial charge in [-0.3, -0.25) is 9.69 Å². The summed E-state index contributed by atoms with van der Waals surface area (Å²) in [6.45, 7) is 9.77. The SMILES string of the molecule is Cc1noc(C2CN(C(=O)C3CCCCC3)CCCN2CC(C)C)n1. The van der Waals surface area contributed by atoms with Gasteiger partial charge in [-0.15, -0.1) is 0 Å². The molecule has 1 saturated heterocycles. The Morgan fingerprint density at radius 1 is 1.20 bits per heavy atom. The third kappa shape index (κ3) is 4.60. The number of rotatable bonds is 4. The first-order valence-corrected chi connectivity index (χ1v) is 9.87. The van der Waals surface area contributed by atoms with E-state index < -0.39 is 0 Å². The molecule has 25 heavy (non-hydrogen) atoms. The Bertz CT molecular complexity index is 566. The van der Waals surface area contributed by atoms with Gasteiger partial charge in [-0.1, -0.05) is 38.3 Å². The highest BCUT2D eigenvalue weighted by Crippen LogP contribution is 2.29. The van der Waals surface area contributed by atoms with E-state index in [0.717, 1.165) is 38.9 Å². The van der Waals surface area contributed by atoms with Crippen LogP contribution in [-0.4, -0.2) is 52.0 Å². The molecule has 1 atom stereocenters. The zero-order valence-electron chi connectivity index (χ0n) is 15.9. The number of nitrogens with zero attached hydrogens (tertiary/aromatic N) is 4. The molecule has 0 radical (unpaired) electrons. The number of aryl methyl sites for hydroxylation is 1. The van der Waals surface area contributed by atoms with Gasteiger partial charge in [0.25, 0.3) is 0 Å². The van der Waals surface area contributed by atoms with Crippen molar-refractivity contribution >= 4 is 5.91 Å². The number of amides is 1. The molecule has 2 aliphatic rings. The van der Waals surface area contributed by atoms with Crippen molar-refractivity contribution in [2.45, 2.75) is 65.3 Å². The van der Waals surface area contributed by atoms with Crippen LogP contribution >= 0.6 is 0 Å². The fraction of sp³-hybridized carbons (Fsp3) is 0.842. The lowest BCUT2D eigenvalue weighted by atomic mass is 9.88. The van der Waals surface area contributed by atoms with Crippen molar-refractivity contribution in [2.24, 2.45) is 11.8 Å². The molecular formula is C19H32N4O2. The lowest BCUT2D eigenvalue weighted by Crippen LogP contribution is -2.41. The number of hydrogen-bond donors (Lipinski definition) is 0. The molecule has 1 aromatic heterocycles. The Hall–Kier alpha value is -1.43. The quantitative estimate of drug-likeness (QED) is 0.836. The normalized spacial score (nSPS) is 23.8. The van der Waals surface area contributed by atoms with Crippen molar-refractivity contribution in [1.29, 1.82) is 0 Å². The van der Waals surface area contributed by atoms with E-state index in [1.807, 2.05) is 6.92 Å². The lowest BCUT2D eigenvalue weighted by Gasteiger charge is -2.32. The van der Waals surface area contributed by atoms with Crippen molar-refractivity contribution in [2.75, 3.05) is 26.2 Å². The Kier molecular flexibility index (Phi) is 6.10. The molecule has 140 valence electrons. The Balaban J connectivity index is 1.77. The van der Waals surface area contributed by atoms with Gasteiger partial charge in [0.05, 0.1) is 0 Å². The van der Waals surface area contributed by atoms with Crippen LogP contribution in [0, 0.1) is 18.8 Å². The monoisotopic (exact) mass is 348 g/mol. The van der Waals surface area contributed by atoms with E-state index in [2.05, 4.69) is 33.8 Å². The molecule has 0 spiro atoms. The first-order valence-electron chi connectivity index (χ1n) is 9.87. The van der Waals surface area contributed by atoms with Crippen LogP contribution in [0.25, 0.3) is 0 Å². The zero-order chi connectivity index (χ0) is 17.8. The third-order valence-electron chi connectivity index (χ3n) is 5.40. The van der Waals surface area contributed by atoms with Crippen molar-refractivity contribution in [3.05, 3.63) is 11.7 Å². The highest BCUT2D eigenvalue weighted by Gasteiger charge is 2.34. The number of aromatic nitrogens is 2. The van der Waals surface area contributed by atoms with Crippen LogP contribution in [0.2, 0.25) is 0 Å². The largest absolute Gasteiger partial charge is 0.340 e. The first kappa shape index (κ1) is 18.4. The Labute approximate surface area is 150 Å². The average molecular weight is 348 g/mol. The van der Waals surface area contributed by atoms with Gasteiger partial charge >= 0.3 is 0 Å². The average Bonchev–Trinajstić information content (AvgIpc) is 2.92. The molecule has 0 N–H and O–H groups in total. The van der Waals surface area contributed by atoms with Crippen molar-refractivity contribution in [3.8, 4) is 0 Å². The molecule has 0 bridgehead atoms. The van der Waals surface area contributed by atoms with Gasteiger partial charge in [0.15, 0.2) is 5.82 Å². The van der Waals surface area contributed by atoms with Gasteiger partial charge in [-0.25, -0.2) is 0 Å². The second kappa shape index (κ2) is 8.30. The fourth-order valence-electron chi connectivity index (χ4n) is 4.21. The second-order valence-corrected chi connectivity index (χ2v) is 8.06. The molecule has 6 heteroatoms. The summed E-state index contributed by atoms with van der Waals surface area (Å²) in [6.07, 6.45) is 6.77. The summed E-state index contributed by atoms with van der Waals surface area (Å²) in [7, 11) is 0. The molecule has 1 aromatic rings. The van der Waals surface area contributed by atoms with E-state index in [0.29, 0.717) is 30.1 Å². The summed E-state index contributed by atoms with van der Waals surface area (Å²) >= 11 is 0. The van der Waals surface area contributed by atoms with Crippen molar-refractivity contribution < 1.29 is 9.32 Å². The predicted octanol–water partition coefficient (Wildman–Crippen LogP) is 3.19. The minimum absolute atomic E-state index is 0.0126. The molecule has 1 amide bonds. The topological polar surface area (TPSA) is 62.5 Å². The highest BCUT2D eigenvalue weighted by atomic mass is 16.5. The Morgan fingerprint density at radius 3 is 2.60 bits per heavy atom. The summed E-state index contributed by atoms with van der Waals surface area (Å²) in [5.74, 6) is 2.44. The zero-order valence-corrected chi connectivity index (χ0v) is 15.9. The van der Waals surface area contributed by atoms with E-state index >= 15 is 0 Å². The predicted molar refractivity (Wildman–Crippen MR) is 96.0 cm³/mol. The molecule has 1 unspecified atom stereocenters. The number of carbonyl (C=O) groups is 1. The van der Waals surface area contributed by atoms with Crippen LogP contribution in [0.4, 0.5) is 0 Å². The van der Waals surface area contributed by atoms with E-state index in [1.165, 1.54) is 19.3 Å². The van der Waals surface area contributed by atoms with E-state index in [-0.39, 0.29) is 12.0 Å². The van der Waals surface area contributed by atoms with Crippen LogP contribution in [-0.2, 0) is 4.79 Å². The second-order valence-electron chi connectivity index (χ2n) is 8.06. The minimum Gasteiger partial charge on any atom is -0.340 e. The van der Waals surface area contributed by atoms with Gasteiger partial charge in [0.1, 0.15) is 6.04 Å². The van der Waals surface area contributed by atoms with Crippen molar-refractivity contribution in [3.63, 3.8) is 0 Å². The molecule has 1 aliphatic carbocycles. The number of carbonyl (C=O) groups excluding carboxylic acids is 1. The van der Waals surface area contributed by atoms with Gasteiger partial charge in [-0.2, -0.15) is 4.98 Å². The smallest absolute Gasteiger partial charge is 0.245 e. The third-order valence-corrected chi connectivity index (χ3v) is 5.40. The fourth-order valence-corrected chi connectivity index (χ4v) is 4.21. The molecule has 6 nitrogen and oxygen atoms in total. The number of hydrogen-bond acceptors (Lipinski definition) is 5. The molecular weight excluding hydrogens is 316 g/mol. The molecule has 1 aliphatic heterocycles. The van der Waals surface area contributed by atoms with Gasteiger partial charge in [0.2, 0.25) is 11.8 Å². The molecule has 2 fully saturated rings. The summed E-state index contributed by atoms with van der Waals surface area (Å²) in [4.78, 5) is 22.0. The van der Waals surface area contributed by atoms with Crippen LogP contribution in [0.1, 0.15) is 70.1 Å². The van der Waals surface area contributed by atoms with E-state index in [9.17, 15) is 4.79 Å². The minimum atomic E-state index is 0.0126. The van der Waals surface area contributed by atoms with Crippen LogP contribution in [0.15, 0.2) is 4.52 Å². The maximum atomic E-state index is 13.1. The van der Waals surface area contributed by atoms with Gasteiger partial charge in [-0.05, 0) is 32.1 Å². The summed E-state index contributed by atoms with van der Waals surface area (Å²) in [5, 5.41) is 3.98. The summed E-state index contributed by atoms with van der Waals surface area (Å²) in [5.41, 5.74) is 0. The lowest BCUT2D eigenvalue weighted by molar-refractivity contribution is -0.137. The Morgan fingerprint density at radius 2 is 1.96 bits per heavy atom. The summed E-state index contributed by atoms with van der Waals surface area (Å²) in [6, 6.07) is 0.0126. The van der Waals surface area contributed by atoms with Crippen LogP contribution in [0.3, 0.4) is 0 Å². The van der Waals surface area contributed by atoms with Crippen LogP contribution < -0.4 is 0 Å². The maximum absolute atomic E-state index is 13.1. The van der Waals surface area contributed by atoms with Gasteiger partial charge < -0.3 is 9.42 Å². The molecule has 0 aromatic carbocycles. The maximum Gasteiger partial charge on any atom is 0.245 e. The molecule has 2 heterocycles.